The van der Waals surface area contributed by atoms with Crippen LogP contribution in [0.25, 0.3) is 10.9 Å². The first kappa shape index (κ1) is 37.3. The average Bonchev–Trinajstić information content (AvgIpc) is 3.82. The SMILES string of the molecule is COc1c(C)cc2c(c1O)[C@@H]1C3[C@@H]4SC[C@]5(C(=O)COC[C@@H](c6c7c(c(C)c(OC(C)=O)c64)OCO7)N3[C@@H](C#N)[C@H](C2)N1C)c1[nH]c2ccc(O)cc2c1CCN5C. The van der Waals surface area contributed by atoms with Crippen LogP contribution in [-0.2, 0) is 32.7 Å². The summed E-state index contributed by atoms with van der Waals surface area (Å²) >= 11 is 1.57. The smallest absolute Gasteiger partial charge is 0.308 e. The number of H-pyrrole nitrogens is 1. The van der Waals surface area contributed by atoms with Crippen molar-refractivity contribution in [2.24, 2.45) is 0 Å². The van der Waals surface area contributed by atoms with E-state index in [4.69, 9.17) is 23.7 Å². The normalized spacial score (nSPS) is 28.9. The van der Waals surface area contributed by atoms with Gasteiger partial charge in [-0.25, -0.2) is 0 Å². The number of hydrogen-bond donors (Lipinski definition) is 3. The van der Waals surface area contributed by atoms with E-state index in [9.17, 15) is 20.3 Å². The zero-order chi connectivity index (χ0) is 40.5. The quantitative estimate of drug-likeness (QED) is 0.186. The van der Waals surface area contributed by atoms with E-state index >= 15 is 4.79 Å². The van der Waals surface area contributed by atoms with Crippen LogP contribution in [0.1, 0.15) is 68.9 Å². The molecule has 11 rings (SSSR count). The molecule has 1 unspecified atom stereocenters. The zero-order valence-electron chi connectivity index (χ0n) is 33.2. The van der Waals surface area contributed by atoms with Crippen molar-refractivity contribution in [2.75, 3.05) is 53.5 Å². The van der Waals surface area contributed by atoms with Gasteiger partial charge in [-0.15, -0.1) is 11.8 Å². The van der Waals surface area contributed by atoms with E-state index in [1.54, 1.807) is 31.0 Å². The van der Waals surface area contributed by atoms with Gasteiger partial charge in [0.1, 0.15) is 29.7 Å². The standard InChI is InChI=1S/C43H45N5O9S/c1-19-11-22-12-27-28(14-44)48-29-15-54-16-30(51)43(42-24(9-10-46(43)4)25-13-23(50)7-8-26(25)45-42)17-58-41(35(48)34(47(27)5)31(22)36(52)37(19)53-6)33-32(29)40-39(55-18-56-40)20(2)38(33)57-21(3)49/h7-8,11,13,27-29,34-35,41,45,50,52H,9-10,12,15-18H2,1-6H3/t27-,28-,29-,34+,35?,41+,43-/m0/s1. The molecule has 4 aromatic rings. The van der Waals surface area contributed by atoms with E-state index < -0.39 is 40.9 Å². The van der Waals surface area contributed by atoms with E-state index in [-0.39, 0.29) is 49.1 Å². The third-order valence-corrected chi connectivity index (χ3v) is 15.1. The number of ketones is 1. The second-order valence-electron chi connectivity index (χ2n) is 16.4. The Morgan fingerprint density at radius 2 is 1.90 bits per heavy atom. The fourth-order valence-electron chi connectivity index (χ4n) is 11.2. The number of methoxy groups -OCH3 is 1. The molecule has 1 spiro atoms. The number of ether oxygens (including phenoxy) is 5. The number of aromatic amines is 1. The van der Waals surface area contributed by atoms with Crippen molar-refractivity contribution in [1.29, 1.82) is 5.26 Å². The Morgan fingerprint density at radius 3 is 2.66 bits per heavy atom. The van der Waals surface area contributed by atoms with Gasteiger partial charge in [0.25, 0.3) is 0 Å². The molecule has 3 N–H and O–H groups in total. The van der Waals surface area contributed by atoms with E-state index in [1.165, 1.54) is 6.92 Å². The van der Waals surface area contributed by atoms with Crippen LogP contribution >= 0.6 is 11.8 Å². The Morgan fingerprint density at radius 1 is 1.10 bits per heavy atom. The highest BCUT2D eigenvalue weighted by molar-refractivity contribution is 7.99. The lowest BCUT2D eigenvalue weighted by atomic mass is 9.71. The molecular weight excluding hydrogens is 763 g/mol. The molecule has 7 atom stereocenters. The predicted octanol–water partition coefficient (Wildman–Crippen LogP) is 4.84. The molecule has 7 aliphatic rings. The Balaban J connectivity index is 1.27. The Kier molecular flexibility index (Phi) is 8.53. The topological polar surface area (TPSA) is 170 Å². The summed E-state index contributed by atoms with van der Waals surface area (Å²) in [7, 11) is 5.52. The van der Waals surface area contributed by atoms with Crippen LogP contribution in [0.3, 0.4) is 0 Å². The first-order valence-corrected chi connectivity index (χ1v) is 20.7. The number of aryl methyl sites for hydroxylation is 1. The molecule has 2 saturated heterocycles. The van der Waals surface area contributed by atoms with Crippen LogP contribution in [0, 0.1) is 25.2 Å². The number of carbonyl (C=O) groups excluding carboxylic acids is 2. The predicted molar refractivity (Wildman–Crippen MR) is 213 cm³/mol. The summed E-state index contributed by atoms with van der Waals surface area (Å²) in [4.78, 5) is 38.3. The van der Waals surface area contributed by atoms with Gasteiger partial charge in [0.05, 0.1) is 37.1 Å². The van der Waals surface area contributed by atoms with Crippen molar-refractivity contribution in [3.63, 3.8) is 0 Å². The number of Topliss-reactive ketones (excluding diaryl/α,β-unsaturated/α-hetero) is 1. The maximum absolute atomic E-state index is 15.1. The van der Waals surface area contributed by atoms with Crippen molar-refractivity contribution in [3.8, 4) is 40.6 Å². The monoisotopic (exact) mass is 807 g/mol. The Hall–Kier alpha value is -4.98. The fourth-order valence-corrected chi connectivity index (χ4v) is 13.0. The molecule has 0 saturated carbocycles. The number of phenolic OH excluding ortho intramolecular Hbond substituents is 2. The van der Waals surface area contributed by atoms with Crippen molar-refractivity contribution < 1.29 is 43.5 Å². The zero-order valence-corrected chi connectivity index (χ0v) is 34.0. The third-order valence-electron chi connectivity index (χ3n) is 13.6. The van der Waals surface area contributed by atoms with Gasteiger partial charge in [-0.1, -0.05) is 6.07 Å². The van der Waals surface area contributed by atoms with Crippen molar-refractivity contribution in [1.82, 2.24) is 19.7 Å². The summed E-state index contributed by atoms with van der Waals surface area (Å²) in [5.74, 6) is 1.54. The minimum atomic E-state index is -1.20. The van der Waals surface area contributed by atoms with Crippen LogP contribution in [0.4, 0.5) is 0 Å². The number of nitriles is 1. The number of aromatic nitrogens is 1. The van der Waals surface area contributed by atoms with E-state index in [2.05, 4.69) is 31.8 Å². The number of benzene rings is 3. The summed E-state index contributed by atoms with van der Waals surface area (Å²) in [6.45, 7) is 5.46. The van der Waals surface area contributed by atoms with Crippen LogP contribution < -0.4 is 18.9 Å². The van der Waals surface area contributed by atoms with Crippen LogP contribution in [-0.4, -0.2) is 113 Å². The van der Waals surface area contributed by atoms with Crippen LogP contribution in [0.5, 0.6) is 34.5 Å². The number of likely N-dealkylation sites (N-methyl/N-ethyl adjacent to an activating group) is 2. The van der Waals surface area contributed by atoms with E-state index in [0.717, 1.165) is 44.4 Å². The number of fused-ring (bicyclic) bond motifs is 12. The maximum Gasteiger partial charge on any atom is 0.308 e. The first-order chi connectivity index (χ1) is 27.9. The minimum absolute atomic E-state index is 0.00954. The molecule has 8 heterocycles. The number of nitrogens with one attached hydrogen (secondary N) is 1. The van der Waals surface area contributed by atoms with E-state index in [0.29, 0.717) is 53.5 Å². The Labute approximate surface area is 339 Å². The number of aromatic hydroxyl groups is 2. The number of esters is 1. The largest absolute Gasteiger partial charge is 0.508 e. The van der Waals surface area contributed by atoms with Crippen molar-refractivity contribution in [3.05, 3.63) is 68.9 Å². The van der Waals surface area contributed by atoms with Gasteiger partial charge in [0, 0.05) is 70.2 Å². The lowest BCUT2D eigenvalue weighted by Crippen LogP contribution is -2.69. The van der Waals surface area contributed by atoms with Crippen molar-refractivity contribution in [2.45, 2.75) is 74.6 Å². The summed E-state index contributed by atoms with van der Waals surface area (Å²) in [6.07, 6.45) is 1.17. The van der Waals surface area contributed by atoms with Gasteiger partial charge in [0.15, 0.2) is 28.8 Å². The molecule has 1 aromatic heterocycles. The number of carbonyl (C=O) groups is 2. The molecule has 14 nitrogen and oxygen atoms in total. The number of piperazine rings is 1. The molecule has 2 fully saturated rings. The Bertz CT molecular complexity index is 2500. The molecule has 7 aliphatic heterocycles. The van der Waals surface area contributed by atoms with Gasteiger partial charge >= 0.3 is 5.97 Å². The summed E-state index contributed by atoms with van der Waals surface area (Å²) in [5.41, 5.74) is 5.85. The second-order valence-corrected chi connectivity index (χ2v) is 17.5. The highest BCUT2D eigenvalue weighted by atomic mass is 32.2. The maximum atomic E-state index is 15.1. The number of hydrogen-bond acceptors (Lipinski definition) is 14. The molecule has 58 heavy (non-hydrogen) atoms. The molecular formula is C43H45N5O9S. The third kappa shape index (κ3) is 4.92. The van der Waals surface area contributed by atoms with Gasteiger partial charge in [0.2, 0.25) is 6.79 Å². The van der Waals surface area contributed by atoms with E-state index in [1.807, 2.05) is 34.0 Å². The highest BCUT2D eigenvalue weighted by Gasteiger charge is 2.61. The number of rotatable bonds is 2. The minimum Gasteiger partial charge on any atom is -0.508 e. The van der Waals surface area contributed by atoms with Gasteiger partial charge in [-0.05, 0) is 75.7 Å². The van der Waals surface area contributed by atoms with Gasteiger partial charge < -0.3 is 38.9 Å². The number of nitrogens with zero attached hydrogens (tertiary/aromatic N) is 4. The van der Waals surface area contributed by atoms with Gasteiger partial charge in [-0.3, -0.25) is 24.3 Å². The van der Waals surface area contributed by atoms with Crippen molar-refractivity contribution >= 4 is 34.4 Å². The van der Waals surface area contributed by atoms with Crippen LogP contribution in [0.2, 0.25) is 0 Å². The first-order valence-electron chi connectivity index (χ1n) is 19.6. The lowest BCUT2D eigenvalue weighted by molar-refractivity contribution is -0.137. The molecule has 4 bridgehead atoms. The highest BCUT2D eigenvalue weighted by Crippen LogP contribution is 2.64. The lowest BCUT2D eigenvalue weighted by Gasteiger charge is -2.61. The molecule has 302 valence electrons. The molecule has 0 amide bonds. The molecule has 0 radical (unpaired) electrons. The van der Waals surface area contributed by atoms with Crippen LogP contribution in [0.15, 0.2) is 24.3 Å². The fraction of sp³-hybridized carbons (Fsp3) is 0.465. The van der Waals surface area contributed by atoms with Gasteiger partial charge in [-0.2, -0.15) is 5.26 Å². The molecule has 3 aromatic carbocycles. The molecule has 15 heteroatoms. The average molecular weight is 808 g/mol. The summed E-state index contributed by atoms with van der Waals surface area (Å²) in [5, 5.41) is 34.3. The summed E-state index contributed by atoms with van der Waals surface area (Å²) in [6, 6.07) is 7.41. The second kappa shape index (κ2) is 13.3. The summed E-state index contributed by atoms with van der Waals surface area (Å²) < 4.78 is 31.0. The number of thioether (sulfide) groups is 1. The molecule has 0 aliphatic carbocycles. The number of phenols is 2.